The number of para-hydroxylation sites is 1. The Morgan fingerprint density at radius 3 is 2.65 bits per heavy atom. The van der Waals surface area contributed by atoms with Gasteiger partial charge in [-0.25, -0.2) is 0 Å². The zero-order chi connectivity index (χ0) is 22.1. The van der Waals surface area contributed by atoms with Gasteiger partial charge in [-0.2, -0.15) is 0 Å². The first-order valence-electron chi connectivity index (χ1n) is 11.6. The molecule has 0 heterocycles. The van der Waals surface area contributed by atoms with Crippen LogP contribution < -0.4 is 5.32 Å². The number of nitrogens with zero attached hydrogens (tertiary/aromatic N) is 2. The van der Waals surface area contributed by atoms with Gasteiger partial charge in [-0.05, 0) is 76.4 Å². The highest BCUT2D eigenvalue weighted by Crippen LogP contribution is 2.38. The van der Waals surface area contributed by atoms with Crippen LogP contribution in [0.2, 0.25) is 0 Å². The van der Waals surface area contributed by atoms with Crippen LogP contribution >= 0.6 is 0 Å². The average molecular weight is 420 g/mol. The van der Waals surface area contributed by atoms with Crippen molar-refractivity contribution in [2.75, 3.05) is 27.2 Å². The molecule has 3 rings (SSSR count). The molecular weight excluding hydrogens is 382 g/mol. The van der Waals surface area contributed by atoms with Crippen molar-refractivity contribution in [3.05, 3.63) is 65.7 Å². The van der Waals surface area contributed by atoms with Crippen LogP contribution in [0.15, 0.2) is 59.6 Å². The van der Waals surface area contributed by atoms with Gasteiger partial charge in [0.1, 0.15) is 6.29 Å². The fraction of sp³-hybridized carbons (Fsp3) is 0.481. The summed E-state index contributed by atoms with van der Waals surface area (Å²) in [5.41, 5.74) is 4.66. The number of hydrogen-bond donors (Lipinski definition) is 1. The number of aliphatic imine (C=N–C) groups is 1. The number of rotatable bonds is 11. The lowest BCUT2D eigenvalue weighted by molar-refractivity contribution is -0.110. The first-order chi connectivity index (χ1) is 15.1. The number of aryl methyl sites for hydroxylation is 1. The summed E-state index contributed by atoms with van der Waals surface area (Å²) in [6.07, 6.45) is 6.74. The molecule has 1 aliphatic carbocycles. The molecule has 0 amide bonds. The molecule has 2 aromatic rings. The lowest BCUT2D eigenvalue weighted by atomic mass is 9.83. The molecule has 2 aromatic carbocycles. The summed E-state index contributed by atoms with van der Waals surface area (Å²) >= 11 is 0. The number of aldehydes is 1. The number of carbonyl (C=O) groups is 1. The van der Waals surface area contributed by atoms with Crippen LogP contribution in [0.4, 0.5) is 5.69 Å². The van der Waals surface area contributed by atoms with Gasteiger partial charge in [-0.1, -0.05) is 55.0 Å². The predicted molar refractivity (Wildman–Crippen MR) is 130 cm³/mol. The Morgan fingerprint density at radius 1 is 1.16 bits per heavy atom. The third-order valence-corrected chi connectivity index (χ3v) is 6.54. The second-order valence-electron chi connectivity index (χ2n) is 8.83. The summed E-state index contributed by atoms with van der Waals surface area (Å²) in [6.45, 7) is 3.97. The molecule has 1 fully saturated rings. The Hall–Kier alpha value is -2.30. The highest BCUT2D eigenvalue weighted by Gasteiger charge is 2.36. The van der Waals surface area contributed by atoms with E-state index in [1.165, 1.54) is 12.0 Å². The summed E-state index contributed by atoms with van der Waals surface area (Å²) < 4.78 is 0. The number of benzene rings is 2. The smallest absolute Gasteiger partial charge is 0.127 e. The molecule has 0 aliphatic heterocycles. The van der Waals surface area contributed by atoms with Gasteiger partial charge < -0.3 is 10.1 Å². The Labute approximate surface area is 187 Å². The van der Waals surface area contributed by atoms with E-state index in [0.717, 1.165) is 62.0 Å². The summed E-state index contributed by atoms with van der Waals surface area (Å²) in [4.78, 5) is 19.4. The van der Waals surface area contributed by atoms with Crippen molar-refractivity contribution in [2.45, 2.75) is 51.0 Å². The molecule has 1 N–H and O–H groups in total. The molecule has 166 valence electrons. The summed E-state index contributed by atoms with van der Waals surface area (Å²) in [5.74, 6) is 0.341. The van der Waals surface area contributed by atoms with Crippen LogP contribution in [0.1, 0.15) is 49.7 Å². The summed E-state index contributed by atoms with van der Waals surface area (Å²) in [7, 11) is 4.18. The maximum atomic E-state index is 12.0. The molecule has 3 atom stereocenters. The second kappa shape index (κ2) is 11.9. The lowest BCUT2D eigenvalue weighted by Crippen LogP contribution is -2.40. The molecule has 31 heavy (non-hydrogen) atoms. The van der Waals surface area contributed by atoms with Gasteiger partial charge in [0.2, 0.25) is 0 Å². The molecule has 4 nitrogen and oxygen atoms in total. The lowest BCUT2D eigenvalue weighted by Gasteiger charge is -2.32. The van der Waals surface area contributed by atoms with Crippen molar-refractivity contribution >= 4 is 17.7 Å². The normalized spacial score (nSPS) is 20.2. The fourth-order valence-corrected chi connectivity index (χ4v) is 5.04. The van der Waals surface area contributed by atoms with Gasteiger partial charge in [-0.3, -0.25) is 9.89 Å². The largest absolute Gasteiger partial charge is 0.320 e. The van der Waals surface area contributed by atoms with Gasteiger partial charge in [-0.15, -0.1) is 0 Å². The van der Waals surface area contributed by atoms with Crippen LogP contribution in [-0.4, -0.2) is 50.1 Å². The third-order valence-electron chi connectivity index (χ3n) is 6.54. The van der Waals surface area contributed by atoms with Crippen LogP contribution in [0.25, 0.3) is 0 Å². The Bertz CT molecular complexity index is 849. The molecule has 1 saturated carbocycles. The minimum absolute atomic E-state index is 0.0266. The predicted octanol–water partition coefficient (Wildman–Crippen LogP) is 5.01. The van der Waals surface area contributed by atoms with Gasteiger partial charge >= 0.3 is 0 Å². The van der Waals surface area contributed by atoms with Gasteiger partial charge in [0.25, 0.3) is 0 Å². The van der Waals surface area contributed by atoms with Crippen molar-refractivity contribution in [1.29, 1.82) is 0 Å². The Balaban J connectivity index is 1.69. The zero-order valence-electron chi connectivity index (χ0n) is 19.3. The standard InChI is InChI=1S/C27H37N3O/c1-21(29-26-16-8-7-13-23(26)14-10-18-28-2)19-30(3)27-17-9-15-24(27)25(20-31)22-11-5-4-6-12-22/h4-8,11-13,16,20,24-25,27-28H,9-10,14-15,17-19H2,1-3H3. The van der Waals surface area contributed by atoms with E-state index < -0.39 is 0 Å². The van der Waals surface area contributed by atoms with Gasteiger partial charge in [0.05, 0.1) is 5.69 Å². The van der Waals surface area contributed by atoms with Crippen LogP contribution in [0.3, 0.4) is 0 Å². The van der Waals surface area contributed by atoms with Crippen molar-refractivity contribution < 1.29 is 4.79 Å². The van der Waals surface area contributed by atoms with Crippen LogP contribution in [0, 0.1) is 5.92 Å². The summed E-state index contributed by atoms with van der Waals surface area (Å²) in [6, 6.07) is 19.1. The topological polar surface area (TPSA) is 44.7 Å². The molecular formula is C27H37N3O. The maximum absolute atomic E-state index is 12.0. The minimum Gasteiger partial charge on any atom is -0.320 e. The molecule has 0 radical (unpaired) electrons. The first-order valence-corrected chi connectivity index (χ1v) is 11.6. The SMILES string of the molecule is CNCCCc1ccccc1N=C(C)CN(C)C1CCCC1C(C=O)c1ccccc1. The van der Waals surface area contributed by atoms with E-state index in [1.54, 1.807) is 0 Å². The number of hydrogen-bond acceptors (Lipinski definition) is 4. The maximum Gasteiger partial charge on any atom is 0.127 e. The van der Waals surface area contributed by atoms with Crippen molar-refractivity contribution in [3.63, 3.8) is 0 Å². The highest BCUT2D eigenvalue weighted by molar-refractivity contribution is 5.86. The third kappa shape index (κ3) is 6.34. The molecule has 1 aliphatic rings. The van der Waals surface area contributed by atoms with Crippen LogP contribution in [0.5, 0.6) is 0 Å². The van der Waals surface area contributed by atoms with Crippen molar-refractivity contribution in [3.8, 4) is 0 Å². The molecule has 0 bridgehead atoms. The monoisotopic (exact) mass is 419 g/mol. The van der Waals surface area contributed by atoms with E-state index in [9.17, 15) is 4.79 Å². The Morgan fingerprint density at radius 2 is 1.90 bits per heavy atom. The molecule has 0 aromatic heterocycles. The highest BCUT2D eigenvalue weighted by atomic mass is 16.1. The van der Waals surface area contributed by atoms with E-state index in [4.69, 9.17) is 4.99 Å². The second-order valence-corrected chi connectivity index (χ2v) is 8.83. The number of carbonyl (C=O) groups excluding carboxylic acids is 1. The molecule has 0 spiro atoms. The van der Waals surface area contributed by atoms with Crippen LogP contribution in [-0.2, 0) is 11.2 Å². The van der Waals surface area contributed by atoms with E-state index in [-0.39, 0.29) is 5.92 Å². The quantitative estimate of drug-likeness (QED) is 0.316. The molecule has 3 unspecified atom stereocenters. The van der Waals surface area contributed by atoms with E-state index in [1.807, 2.05) is 25.2 Å². The zero-order valence-corrected chi connectivity index (χ0v) is 19.3. The average Bonchev–Trinajstić information content (AvgIpc) is 3.26. The minimum atomic E-state index is -0.0266. The van der Waals surface area contributed by atoms with Gasteiger partial charge in [0.15, 0.2) is 0 Å². The van der Waals surface area contributed by atoms with Crippen molar-refractivity contribution in [2.24, 2.45) is 10.9 Å². The fourth-order valence-electron chi connectivity index (χ4n) is 5.04. The van der Waals surface area contributed by atoms with E-state index in [2.05, 4.69) is 60.6 Å². The first kappa shape index (κ1) is 23.4. The van der Waals surface area contributed by atoms with E-state index >= 15 is 0 Å². The molecule has 0 saturated heterocycles. The van der Waals surface area contributed by atoms with Gasteiger partial charge in [0, 0.05) is 24.2 Å². The Kier molecular flexibility index (Phi) is 8.98. The summed E-state index contributed by atoms with van der Waals surface area (Å²) in [5, 5.41) is 3.22. The number of nitrogens with one attached hydrogen (secondary N) is 1. The van der Waals surface area contributed by atoms with Crippen molar-refractivity contribution in [1.82, 2.24) is 10.2 Å². The van der Waals surface area contributed by atoms with E-state index in [0.29, 0.717) is 12.0 Å². The molecule has 4 heteroatoms.